The number of hydrogen-bond acceptors (Lipinski definition) is 2. The average Bonchev–Trinajstić information content (AvgIpc) is 2.88. The van der Waals surface area contributed by atoms with Gasteiger partial charge in [-0.15, -0.1) is 0 Å². The second-order valence-corrected chi connectivity index (χ2v) is 6.72. The molecule has 0 aliphatic carbocycles. The molecule has 1 heterocycles. The van der Waals surface area contributed by atoms with Gasteiger partial charge in [-0.2, -0.15) is 5.10 Å². The lowest BCUT2D eigenvalue weighted by Crippen LogP contribution is -2.03. The van der Waals surface area contributed by atoms with Crippen LogP contribution in [0.15, 0.2) is 46.9 Å². The molecule has 3 aromatic rings. The maximum Gasteiger partial charge on any atom is 0.339 e. The highest BCUT2D eigenvalue weighted by atomic mass is 79.9. The van der Waals surface area contributed by atoms with Crippen LogP contribution in [0.25, 0.3) is 16.9 Å². The first-order chi connectivity index (χ1) is 11.4. The summed E-state index contributed by atoms with van der Waals surface area (Å²) in [5.41, 5.74) is 5.30. The van der Waals surface area contributed by atoms with Crippen molar-refractivity contribution >= 4 is 21.9 Å². The Bertz CT molecular complexity index is 927. The zero-order chi connectivity index (χ0) is 17.4. The van der Waals surface area contributed by atoms with Crippen molar-refractivity contribution in [2.45, 2.75) is 20.8 Å². The molecular formula is C19H17BrN2O2. The highest BCUT2D eigenvalue weighted by Crippen LogP contribution is 2.28. The number of benzene rings is 2. The molecule has 0 radical (unpaired) electrons. The topological polar surface area (TPSA) is 55.1 Å². The Morgan fingerprint density at radius 1 is 1.04 bits per heavy atom. The SMILES string of the molecule is Cc1ccc(-n2nc(-c3ccc(Br)cc3)c(C(=O)O)c2C)cc1C. The molecule has 0 saturated carbocycles. The van der Waals surface area contributed by atoms with Gasteiger partial charge < -0.3 is 5.11 Å². The minimum atomic E-state index is -0.972. The molecule has 0 bridgehead atoms. The Kier molecular flexibility index (Phi) is 4.28. The summed E-state index contributed by atoms with van der Waals surface area (Å²) in [7, 11) is 0. The third-order valence-corrected chi connectivity index (χ3v) is 4.71. The first-order valence-electron chi connectivity index (χ1n) is 7.55. The maximum atomic E-state index is 11.8. The van der Waals surface area contributed by atoms with E-state index < -0.39 is 5.97 Å². The molecule has 0 atom stereocenters. The van der Waals surface area contributed by atoms with Crippen LogP contribution in [-0.2, 0) is 0 Å². The van der Waals surface area contributed by atoms with E-state index in [1.165, 1.54) is 5.56 Å². The number of aromatic carboxylic acids is 1. The Hall–Kier alpha value is -2.40. The first-order valence-corrected chi connectivity index (χ1v) is 8.34. The molecule has 1 aromatic heterocycles. The highest BCUT2D eigenvalue weighted by Gasteiger charge is 2.22. The van der Waals surface area contributed by atoms with Crippen molar-refractivity contribution in [3.63, 3.8) is 0 Å². The van der Waals surface area contributed by atoms with E-state index in [1.54, 1.807) is 11.6 Å². The van der Waals surface area contributed by atoms with Crippen molar-refractivity contribution in [3.8, 4) is 16.9 Å². The molecule has 4 nitrogen and oxygen atoms in total. The van der Waals surface area contributed by atoms with E-state index in [-0.39, 0.29) is 5.56 Å². The van der Waals surface area contributed by atoms with Crippen molar-refractivity contribution in [1.29, 1.82) is 0 Å². The van der Waals surface area contributed by atoms with Gasteiger partial charge in [0.1, 0.15) is 11.3 Å². The summed E-state index contributed by atoms with van der Waals surface area (Å²) in [4.78, 5) is 11.8. The third kappa shape index (κ3) is 2.87. The van der Waals surface area contributed by atoms with Gasteiger partial charge in [0.15, 0.2) is 0 Å². The zero-order valence-corrected chi connectivity index (χ0v) is 15.3. The van der Waals surface area contributed by atoms with Gasteiger partial charge in [0, 0.05) is 10.0 Å². The average molecular weight is 385 g/mol. The number of aromatic nitrogens is 2. The number of carboxylic acid groups (broad SMARTS) is 1. The summed E-state index contributed by atoms with van der Waals surface area (Å²) in [6.45, 7) is 5.87. The number of carboxylic acids is 1. The summed E-state index contributed by atoms with van der Waals surface area (Å²) in [6, 6.07) is 13.5. The standard InChI is InChI=1S/C19H17BrN2O2/c1-11-4-9-16(10-12(11)2)22-13(3)17(19(23)24)18(21-22)14-5-7-15(20)8-6-14/h4-10H,1-3H3,(H,23,24). The lowest BCUT2D eigenvalue weighted by atomic mass is 10.1. The van der Waals surface area contributed by atoms with E-state index in [2.05, 4.69) is 21.0 Å². The number of rotatable bonds is 3. The van der Waals surface area contributed by atoms with Crippen LogP contribution in [0.2, 0.25) is 0 Å². The number of carbonyl (C=O) groups is 1. The van der Waals surface area contributed by atoms with Crippen LogP contribution in [0.1, 0.15) is 27.2 Å². The molecule has 0 aliphatic rings. The van der Waals surface area contributed by atoms with Crippen LogP contribution in [0.5, 0.6) is 0 Å². The second kappa shape index (κ2) is 6.24. The molecule has 5 heteroatoms. The van der Waals surface area contributed by atoms with Gasteiger partial charge in [-0.3, -0.25) is 0 Å². The Morgan fingerprint density at radius 3 is 2.29 bits per heavy atom. The number of aryl methyl sites for hydroxylation is 2. The van der Waals surface area contributed by atoms with Crippen molar-refractivity contribution in [1.82, 2.24) is 9.78 Å². The first kappa shape index (κ1) is 16.5. The predicted molar refractivity (Wildman–Crippen MR) is 97.9 cm³/mol. The van der Waals surface area contributed by atoms with Gasteiger partial charge >= 0.3 is 5.97 Å². The predicted octanol–water partition coefficient (Wildman–Crippen LogP) is 4.93. The van der Waals surface area contributed by atoms with Crippen LogP contribution in [0.4, 0.5) is 0 Å². The monoisotopic (exact) mass is 384 g/mol. The highest BCUT2D eigenvalue weighted by molar-refractivity contribution is 9.10. The Balaban J connectivity index is 2.22. The van der Waals surface area contributed by atoms with Gasteiger partial charge in [0.25, 0.3) is 0 Å². The van der Waals surface area contributed by atoms with Gasteiger partial charge in [0.2, 0.25) is 0 Å². The summed E-state index contributed by atoms with van der Waals surface area (Å²) in [5, 5.41) is 14.3. The van der Waals surface area contributed by atoms with Crippen molar-refractivity contribution in [3.05, 3.63) is 69.3 Å². The molecule has 0 aliphatic heterocycles. The van der Waals surface area contributed by atoms with Crippen LogP contribution in [-0.4, -0.2) is 20.9 Å². The molecule has 122 valence electrons. The molecule has 1 N–H and O–H groups in total. The maximum absolute atomic E-state index is 11.8. The van der Waals surface area contributed by atoms with Gasteiger partial charge in [0.05, 0.1) is 11.4 Å². The molecule has 3 rings (SSSR count). The van der Waals surface area contributed by atoms with Crippen LogP contribution >= 0.6 is 15.9 Å². The fourth-order valence-corrected chi connectivity index (χ4v) is 2.94. The second-order valence-electron chi connectivity index (χ2n) is 5.80. The summed E-state index contributed by atoms with van der Waals surface area (Å²) < 4.78 is 2.64. The molecule has 0 spiro atoms. The molecule has 0 fully saturated rings. The van der Waals surface area contributed by atoms with E-state index in [0.29, 0.717) is 11.4 Å². The van der Waals surface area contributed by atoms with Crippen molar-refractivity contribution in [2.75, 3.05) is 0 Å². The zero-order valence-electron chi connectivity index (χ0n) is 13.7. The van der Waals surface area contributed by atoms with Gasteiger partial charge in [-0.25, -0.2) is 9.48 Å². The lowest BCUT2D eigenvalue weighted by Gasteiger charge is -2.07. The molecule has 0 unspecified atom stereocenters. The van der Waals surface area contributed by atoms with Crippen LogP contribution in [0.3, 0.4) is 0 Å². The molecule has 0 amide bonds. The van der Waals surface area contributed by atoms with Gasteiger partial charge in [-0.1, -0.05) is 34.1 Å². The van der Waals surface area contributed by atoms with E-state index >= 15 is 0 Å². The Morgan fingerprint density at radius 2 is 1.71 bits per heavy atom. The number of nitrogens with zero attached hydrogens (tertiary/aromatic N) is 2. The molecule has 0 saturated heterocycles. The minimum absolute atomic E-state index is 0.232. The van der Waals surface area contributed by atoms with Crippen molar-refractivity contribution < 1.29 is 9.90 Å². The third-order valence-electron chi connectivity index (χ3n) is 4.18. The van der Waals surface area contributed by atoms with E-state index in [4.69, 9.17) is 0 Å². The van der Waals surface area contributed by atoms with Crippen molar-refractivity contribution in [2.24, 2.45) is 0 Å². The summed E-state index contributed by atoms with van der Waals surface area (Å²) >= 11 is 3.39. The quantitative estimate of drug-likeness (QED) is 0.696. The lowest BCUT2D eigenvalue weighted by molar-refractivity contribution is 0.0697. The van der Waals surface area contributed by atoms with Crippen LogP contribution < -0.4 is 0 Å². The fourth-order valence-electron chi connectivity index (χ4n) is 2.68. The van der Waals surface area contributed by atoms with E-state index in [9.17, 15) is 9.90 Å². The van der Waals surface area contributed by atoms with Crippen LogP contribution in [0, 0.1) is 20.8 Å². The van der Waals surface area contributed by atoms with E-state index in [0.717, 1.165) is 21.3 Å². The Labute approximate surface area is 148 Å². The molecular weight excluding hydrogens is 368 g/mol. The van der Waals surface area contributed by atoms with E-state index in [1.807, 2.05) is 56.3 Å². The molecule has 24 heavy (non-hydrogen) atoms. The van der Waals surface area contributed by atoms with Gasteiger partial charge in [-0.05, 0) is 56.2 Å². The number of halogens is 1. The minimum Gasteiger partial charge on any atom is -0.478 e. The number of hydrogen-bond donors (Lipinski definition) is 1. The summed E-state index contributed by atoms with van der Waals surface area (Å²) in [6.07, 6.45) is 0. The smallest absolute Gasteiger partial charge is 0.339 e. The normalized spacial score (nSPS) is 10.8. The largest absolute Gasteiger partial charge is 0.478 e. The summed E-state index contributed by atoms with van der Waals surface area (Å²) in [5.74, 6) is -0.972. The molecule has 2 aromatic carbocycles. The fraction of sp³-hybridized carbons (Fsp3) is 0.158.